The van der Waals surface area contributed by atoms with E-state index in [2.05, 4.69) is 22.2 Å². The number of benzene rings is 2. The van der Waals surface area contributed by atoms with Gasteiger partial charge in [0.25, 0.3) is 5.91 Å². The summed E-state index contributed by atoms with van der Waals surface area (Å²) in [5.41, 5.74) is 1.16. The zero-order valence-corrected chi connectivity index (χ0v) is 29.0. The largest absolute Gasteiger partial charge is 0.436 e. The lowest BCUT2D eigenvalue weighted by atomic mass is 9.68. The predicted molar refractivity (Wildman–Crippen MR) is 180 cm³/mol. The van der Waals surface area contributed by atoms with E-state index in [-0.39, 0.29) is 31.5 Å². The highest BCUT2D eigenvalue weighted by Gasteiger charge is 2.45. The normalized spacial score (nSPS) is 21.3. The maximum Gasteiger partial charge on any atom is 0.418 e. The minimum Gasteiger partial charge on any atom is -0.436 e. The Morgan fingerprint density at radius 1 is 0.904 bits per heavy atom. The molecule has 284 valence electrons. The third-order valence-electron chi connectivity index (χ3n) is 11.1. The SMILES string of the molecule is CN1CCCN(C2CCN(C(=O)[C@@H](Cc3cc(C(F)(F)F)c(N)c(C(F)(F)F)c3)OC(=O)N3CCC4(CC3)CC(=O)Nc3ccccc34)CC2)CC1. The highest BCUT2D eigenvalue weighted by molar-refractivity contribution is 5.95. The summed E-state index contributed by atoms with van der Waals surface area (Å²) in [6.07, 6.45) is -10.5. The van der Waals surface area contributed by atoms with Crippen molar-refractivity contribution in [1.82, 2.24) is 19.6 Å². The van der Waals surface area contributed by atoms with Crippen molar-refractivity contribution in [3.63, 3.8) is 0 Å². The van der Waals surface area contributed by atoms with Crippen LogP contribution in [0.25, 0.3) is 0 Å². The number of fused-ring (bicyclic) bond motifs is 2. The number of hydrogen-bond donors (Lipinski definition) is 2. The van der Waals surface area contributed by atoms with Crippen molar-refractivity contribution < 1.29 is 45.5 Å². The van der Waals surface area contributed by atoms with Crippen LogP contribution < -0.4 is 11.1 Å². The molecular formula is C36H44F6N6O4. The molecular weight excluding hydrogens is 694 g/mol. The van der Waals surface area contributed by atoms with Crippen LogP contribution in [0.1, 0.15) is 60.8 Å². The summed E-state index contributed by atoms with van der Waals surface area (Å²) in [6.45, 7) is 4.60. The highest BCUT2D eigenvalue weighted by atomic mass is 19.4. The third kappa shape index (κ3) is 8.12. The fraction of sp³-hybridized carbons (Fsp3) is 0.583. The average Bonchev–Trinajstić information content (AvgIpc) is 3.31. The van der Waals surface area contributed by atoms with Gasteiger partial charge in [0.2, 0.25) is 5.91 Å². The van der Waals surface area contributed by atoms with E-state index < -0.39 is 64.7 Å². The van der Waals surface area contributed by atoms with Crippen LogP contribution in [0.15, 0.2) is 36.4 Å². The average molecular weight is 739 g/mol. The summed E-state index contributed by atoms with van der Waals surface area (Å²) < 4.78 is 89.1. The molecule has 6 rings (SSSR count). The van der Waals surface area contributed by atoms with Gasteiger partial charge < -0.3 is 30.5 Å². The van der Waals surface area contributed by atoms with Crippen molar-refractivity contribution in [3.8, 4) is 0 Å². The van der Waals surface area contributed by atoms with Gasteiger partial charge >= 0.3 is 18.4 Å². The lowest BCUT2D eigenvalue weighted by Gasteiger charge is -2.44. The molecule has 4 aliphatic rings. The second kappa shape index (κ2) is 14.8. The molecule has 4 aliphatic heterocycles. The van der Waals surface area contributed by atoms with Crippen molar-refractivity contribution in [2.75, 3.05) is 70.5 Å². The number of nitrogens with zero attached hydrogens (tertiary/aromatic N) is 4. The van der Waals surface area contributed by atoms with E-state index >= 15 is 0 Å². The molecule has 2 aromatic rings. The number of nitrogens with one attached hydrogen (secondary N) is 1. The van der Waals surface area contributed by atoms with Gasteiger partial charge in [-0.15, -0.1) is 0 Å². The molecule has 0 saturated carbocycles. The topological polar surface area (TPSA) is 111 Å². The van der Waals surface area contributed by atoms with E-state index in [0.717, 1.165) is 38.2 Å². The first-order valence-corrected chi connectivity index (χ1v) is 17.7. The van der Waals surface area contributed by atoms with Crippen LogP contribution in [-0.4, -0.2) is 109 Å². The van der Waals surface area contributed by atoms with Crippen molar-refractivity contribution in [1.29, 1.82) is 0 Å². The van der Waals surface area contributed by atoms with Gasteiger partial charge in [-0.1, -0.05) is 18.2 Å². The van der Waals surface area contributed by atoms with Gasteiger partial charge in [-0.3, -0.25) is 14.5 Å². The third-order valence-corrected chi connectivity index (χ3v) is 11.1. The molecule has 0 aromatic heterocycles. The van der Waals surface area contributed by atoms with E-state index in [1.165, 1.54) is 9.80 Å². The molecule has 4 heterocycles. The van der Waals surface area contributed by atoms with Crippen LogP contribution in [0.2, 0.25) is 0 Å². The van der Waals surface area contributed by atoms with Crippen LogP contribution in [0.5, 0.6) is 0 Å². The summed E-state index contributed by atoms with van der Waals surface area (Å²) in [7, 11) is 2.07. The monoisotopic (exact) mass is 738 g/mol. The molecule has 3 amide bonds. The van der Waals surface area contributed by atoms with Gasteiger partial charge in [0.05, 0.1) is 16.8 Å². The van der Waals surface area contributed by atoms with Crippen LogP contribution in [0, 0.1) is 0 Å². The van der Waals surface area contributed by atoms with E-state index in [4.69, 9.17) is 10.5 Å². The molecule has 1 atom stereocenters. The number of ether oxygens (including phenoxy) is 1. The molecule has 3 saturated heterocycles. The molecule has 0 radical (unpaired) electrons. The molecule has 2 aromatic carbocycles. The number of alkyl halides is 6. The van der Waals surface area contributed by atoms with E-state index in [1.807, 2.05) is 24.3 Å². The molecule has 3 fully saturated rings. The second-order valence-electron chi connectivity index (χ2n) is 14.5. The Labute approximate surface area is 298 Å². The molecule has 16 heteroatoms. The van der Waals surface area contributed by atoms with Crippen molar-refractivity contribution in [2.24, 2.45) is 0 Å². The molecule has 0 unspecified atom stereocenters. The number of halogens is 6. The Balaban J connectivity index is 1.21. The van der Waals surface area contributed by atoms with Crippen LogP contribution in [0.3, 0.4) is 0 Å². The van der Waals surface area contributed by atoms with Crippen LogP contribution >= 0.6 is 0 Å². The number of nitrogen functional groups attached to an aromatic ring is 1. The maximum absolute atomic E-state index is 14.0. The van der Waals surface area contributed by atoms with E-state index in [9.17, 15) is 40.7 Å². The number of carbonyl (C=O) groups is 3. The highest BCUT2D eigenvalue weighted by Crippen LogP contribution is 2.45. The Morgan fingerprint density at radius 3 is 2.17 bits per heavy atom. The van der Waals surface area contributed by atoms with Gasteiger partial charge in [-0.25, -0.2) is 4.79 Å². The van der Waals surface area contributed by atoms with Crippen LogP contribution in [0.4, 0.5) is 42.5 Å². The smallest absolute Gasteiger partial charge is 0.418 e. The number of hydrogen-bond acceptors (Lipinski definition) is 7. The van der Waals surface area contributed by atoms with Crippen molar-refractivity contribution >= 4 is 29.3 Å². The maximum atomic E-state index is 14.0. The second-order valence-corrected chi connectivity index (χ2v) is 14.5. The first kappa shape index (κ1) is 37.7. The number of likely N-dealkylation sites (N-methyl/N-ethyl adjacent to an activating group) is 1. The predicted octanol–water partition coefficient (Wildman–Crippen LogP) is 5.36. The number of likely N-dealkylation sites (tertiary alicyclic amines) is 2. The minimum atomic E-state index is -5.21. The fourth-order valence-electron chi connectivity index (χ4n) is 8.19. The number of anilines is 2. The Morgan fingerprint density at radius 2 is 1.54 bits per heavy atom. The molecule has 10 nitrogen and oxygen atoms in total. The summed E-state index contributed by atoms with van der Waals surface area (Å²) >= 11 is 0. The first-order valence-electron chi connectivity index (χ1n) is 17.7. The zero-order chi connectivity index (χ0) is 37.4. The Kier molecular flexibility index (Phi) is 10.7. The number of para-hydroxylation sites is 1. The summed E-state index contributed by atoms with van der Waals surface area (Å²) in [6, 6.07) is 8.61. The standard InChI is InChI=1S/C36H44F6N6O4/c1-45-11-4-12-46(18-17-45)24-7-13-47(14-8-24)32(50)29(21-23-19-26(35(37,38)39)31(43)27(20-23)36(40,41)42)52-33(51)48-15-9-34(10-16-48)22-30(49)44-28-6-3-2-5-25(28)34/h2-3,5-6,19-20,24,29H,4,7-18,21-22,43H2,1H3,(H,44,49)/t29-/m1/s1. The van der Waals surface area contributed by atoms with E-state index in [1.54, 1.807) is 0 Å². The molecule has 0 aliphatic carbocycles. The van der Waals surface area contributed by atoms with Gasteiger partial charge in [0.15, 0.2) is 6.10 Å². The molecule has 3 N–H and O–H groups in total. The first-order chi connectivity index (χ1) is 24.5. The molecule has 1 spiro atoms. The number of amides is 3. The number of carbonyl (C=O) groups excluding carboxylic acids is 3. The number of nitrogens with two attached hydrogens (primary N) is 1. The summed E-state index contributed by atoms with van der Waals surface area (Å²) in [5, 5.41) is 2.87. The van der Waals surface area contributed by atoms with Gasteiger partial charge in [0, 0.05) is 69.3 Å². The zero-order valence-electron chi connectivity index (χ0n) is 29.0. The minimum absolute atomic E-state index is 0.146. The number of piperidine rings is 2. The van der Waals surface area contributed by atoms with Crippen LogP contribution in [-0.2, 0) is 38.5 Å². The lowest BCUT2D eigenvalue weighted by molar-refractivity contribution is -0.142. The molecule has 0 bridgehead atoms. The lowest BCUT2D eigenvalue weighted by Crippen LogP contribution is -2.52. The van der Waals surface area contributed by atoms with Gasteiger partial charge in [0.1, 0.15) is 0 Å². The summed E-state index contributed by atoms with van der Waals surface area (Å²) in [4.78, 5) is 47.8. The van der Waals surface area contributed by atoms with E-state index in [0.29, 0.717) is 56.6 Å². The van der Waals surface area contributed by atoms with Crippen molar-refractivity contribution in [3.05, 3.63) is 58.7 Å². The van der Waals surface area contributed by atoms with Gasteiger partial charge in [-0.2, -0.15) is 26.3 Å². The number of rotatable bonds is 5. The van der Waals surface area contributed by atoms with Gasteiger partial charge in [-0.05, 0) is 81.6 Å². The summed E-state index contributed by atoms with van der Waals surface area (Å²) in [5.74, 6) is -0.833. The molecule has 52 heavy (non-hydrogen) atoms. The Hall–Kier alpha value is -4.05. The quantitative estimate of drug-likeness (QED) is 0.314. The van der Waals surface area contributed by atoms with Crippen molar-refractivity contribution in [2.45, 2.75) is 74.9 Å². The Bertz CT molecular complexity index is 1620. The fourth-order valence-corrected chi connectivity index (χ4v) is 8.19.